The molecule has 1 saturated heterocycles. The van der Waals surface area contributed by atoms with Gasteiger partial charge in [-0.15, -0.1) is 0 Å². The summed E-state index contributed by atoms with van der Waals surface area (Å²) in [5, 5.41) is 10.9. The van der Waals surface area contributed by atoms with E-state index in [1.54, 1.807) is 0 Å². The van der Waals surface area contributed by atoms with Gasteiger partial charge in [0.25, 0.3) is 0 Å². The summed E-state index contributed by atoms with van der Waals surface area (Å²) in [5.74, 6) is -0.712. The molecule has 4 rings (SSSR count). The molecule has 16 nitrogen and oxygen atoms in total. The number of ether oxygens (including phenoxy) is 1. The fourth-order valence-electron chi connectivity index (χ4n) is 3.99. The van der Waals surface area contributed by atoms with Crippen molar-refractivity contribution in [3.05, 3.63) is 22.7 Å². The highest BCUT2D eigenvalue weighted by Gasteiger charge is 2.93. The number of nitrogen functional groups attached to an aromatic ring is 1. The first kappa shape index (κ1) is 24.1. The molecule has 1 aliphatic heterocycles. The molecule has 3 fully saturated rings. The summed E-state index contributed by atoms with van der Waals surface area (Å²) in [4.78, 5) is 51.6. The number of hydrogen-bond acceptors (Lipinski definition) is 11. The number of aromatic nitrogens is 2. The van der Waals surface area contributed by atoms with Crippen LogP contribution in [0.1, 0.15) is 19.1 Å². The Hall–Kier alpha value is -1.06. The van der Waals surface area contributed by atoms with E-state index in [4.69, 9.17) is 20.3 Å². The number of rotatable bonds is 8. The maximum Gasteiger partial charge on any atom is 0.490 e. The van der Waals surface area contributed by atoms with Gasteiger partial charge in [-0.1, -0.05) is 0 Å². The van der Waals surface area contributed by atoms with Gasteiger partial charge in [0.2, 0.25) is 0 Å². The number of nitrogens with zero attached hydrogens (tertiary/aromatic N) is 2. The highest BCUT2D eigenvalue weighted by molar-refractivity contribution is 7.66. The molecule has 20 heteroatoms. The zero-order valence-electron chi connectivity index (χ0n) is 15.6. The number of anilines is 1. The summed E-state index contributed by atoms with van der Waals surface area (Å²) < 4.78 is 67.9. The Morgan fingerprint density at radius 3 is 2.34 bits per heavy atom. The third-order valence-corrected chi connectivity index (χ3v) is 9.09. The molecule has 0 aromatic carbocycles. The van der Waals surface area contributed by atoms with E-state index < -0.39 is 64.8 Å². The Bertz CT molecular complexity index is 1150. The van der Waals surface area contributed by atoms with Crippen LogP contribution in [-0.4, -0.2) is 57.7 Å². The van der Waals surface area contributed by atoms with Crippen LogP contribution >= 0.6 is 23.5 Å². The zero-order chi connectivity index (χ0) is 23.9. The van der Waals surface area contributed by atoms with Crippen LogP contribution in [0, 0.1) is 5.92 Å². The van der Waals surface area contributed by atoms with E-state index in [0.717, 1.165) is 10.8 Å². The standard InChI is InChI=1S/C12H17FN3O13P3/c13-7-8(16-4-3-6(14)15-10(16)17)26-12(5-1-2-5)9(11(7,12)18)27-31(22,23)29-32(24,25)28-30(19,20)21/h3-5,7-9,18H,1-2H2,(H,22,23)(H,24,25)(H2,14,15,17)(H2,19,20,21)/t7-,8+,9?,11+,12+/m0/s1. The minimum atomic E-state index is -5.82. The van der Waals surface area contributed by atoms with E-state index in [1.807, 2.05) is 0 Å². The van der Waals surface area contributed by atoms with Gasteiger partial charge in [-0.25, -0.2) is 22.9 Å². The minimum absolute atomic E-state index is 0.147. The van der Waals surface area contributed by atoms with E-state index in [-0.39, 0.29) is 5.82 Å². The predicted octanol–water partition coefficient (Wildman–Crippen LogP) is -0.702. The summed E-state index contributed by atoms with van der Waals surface area (Å²) in [6, 6.07) is 1.18. The largest absolute Gasteiger partial charge is 0.490 e. The number of hydrogen-bond donors (Lipinski definition) is 6. The van der Waals surface area contributed by atoms with Crippen molar-refractivity contribution in [2.75, 3.05) is 5.73 Å². The van der Waals surface area contributed by atoms with E-state index in [2.05, 4.69) is 18.1 Å². The van der Waals surface area contributed by atoms with Gasteiger partial charge in [0.15, 0.2) is 18.0 Å². The summed E-state index contributed by atoms with van der Waals surface area (Å²) in [5.41, 5.74) is -0.0823. The minimum Gasteiger partial charge on any atom is -0.383 e. The normalized spacial score (nSPS) is 38.0. The second-order valence-corrected chi connectivity index (χ2v) is 11.8. The SMILES string of the molecule is Nc1ccn([C@@H]2O[C@]3(C4CC4)C(OP(=O)(O)OP(=O)(O)OP(=O)(O)O)[C@]3(O)[C@H]2F)c(=O)n1. The van der Waals surface area contributed by atoms with Crippen LogP contribution in [-0.2, 0) is 31.6 Å². The third-order valence-electron chi connectivity index (χ3n) is 5.28. The van der Waals surface area contributed by atoms with Gasteiger partial charge < -0.3 is 35.2 Å². The fourth-order valence-corrected chi connectivity index (χ4v) is 7.24. The topological polar surface area (TPSA) is 250 Å². The molecule has 1 aromatic heterocycles. The molecule has 3 aliphatic rings. The Labute approximate surface area is 177 Å². The molecule has 7 atom stereocenters. The molecule has 0 bridgehead atoms. The molecular formula is C12H17FN3O13P3. The summed E-state index contributed by atoms with van der Waals surface area (Å²) >= 11 is 0. The first-order chi connectivity index (χ1) is 14.5. The van der Waals surface area contributed by atoms with Crippen molar-refractivity contribution in [2.45, 2.75) is 42.5 Å². The lowest BCUT2D eigenvalue weighted by Gasteiger charge is -2.25. The third kappa shape index (κ3) is 3.92. The number of fused-ring (bicyclic) bond motifs is 1. The fraction of sp³-hybridized carbons (Fsp3) is 0.667. The van der Waals surface area contributed by atoms with Crippen molar-refractivity contribution in [2.24, 2.45) is 5.92 Å². The second kappa shape index (κ2) is 7.22. The van der Waals surface area contributed by atoms with Gasteiger partial charge in [0.05, 0.1) is 0 Å². The molecule has 0 spiro atoms. The van der Waals surface area contributed by atoms with Gasteiger partial charge in [-0.3, -0.25) is 9.09 Å². The van der Waals surface area contributed by atoms with Crippen LogP contribution in [0.3, 0.4) is 0 Å². The monoisotopic (exact) mass is 523 g/mol. The number of alkyl halides is 1. The van der Waals surface area contributed by atoms with Crippen molar-refractivity contribution >= 4 is 29.3 Å². The lowest BCUT2D eigenvalue weighted by Crippen LogP contribution is -2.38. The Morgan fingerprint density at radius 2 is 1.81 bits per heavy atom. The molecule has 2 saturated carbocycles. The number of aliphatic hydroxyl groups is 1. The van der Waals surface area contributed by atoms with Crippen LogP contribution in [0.15, 0.2) is 17.1 Å². The Balaban J connectivity index is 1.58. The van der Waals surface area contributed by atoms with Crippen molar-refractivity contribution in [3.63, 3.8) is 0 Å². The van der Waals surface area contributed by atoms with Gasteiger partial charge in [-0.05, 0) is 24.8 Å². The number of halogens is 1. The van der Waals surface area contributed by atoms with E-state index in [0.29, 0.717) is 12.8 Å². The molecule has 2 aliphatic carbocycles. The van der Waals surface area contributed by atoms with Crippen LogP contribution in [0.4, 0.5) is 10.2 Å². The quantitative estimate of drug-likeness (QED) is 0.230. The van der Waals surface area contributed by atoms with E-state index in [9.17, 15) is 33.4 Å². The Kier molecular flexibility index (Phi) is 5.43. The maximum atomic E-state index is 15.3. The van der Waals surface area contributed by atoms with Crippen molar-refractivity contribution < 1.29 is 60.6 Å². The Morgan fingerprint density at radius 1 is 1.19 bits per heavy atom. The average Bonchev–Trinajstić information content (AvgIpc) is 3.47. The lowest BCUT2D eigenvalue weighted by molar-refractivity contribution is -0.0983. The molecule has 0 amide bonds. The van der Waals surface area contributed by atoms with Crippen LogP contribution in [0.5, 0.6) is 0 Å². The number of nitrogens with two attached hydrogens (primary N) is 1. The van der Waals surface area contributed by atoms with Gasteiger partial charge in [0.1, 0.15) is 17.5 Å². The number of phosphoric acid groups is 3. The van der Waals surface area contributed by atoms with Crippen LogP contribution in [0.2, 0.25) is 0 Å². The molecule has 1 aromatic rings. The summed E-state index contributed by atoms with van der Waals surface area (Å²) in [6.07, 6.45) is -4.10. The van der Waals surface area contributed by atoms with E-state index >= 15 is 4.39 Å². The second-order valence-electron chi connectivity index (χ2n) is 7.42. The first-order valence-corrected chi connectivity index (χ1v) is 13.3. The molecule has 180 valence electrons. The molecule has 0 radical (unpaired) electrons. The molecule has 7 N–H and O–H groups in total. The van der Waals surface area contributed by atoms with Crippen molar-refractivity contribution in [1.29, 1.82) is 0 Å². The summed E-state index contributed by atoms with van der Waals surface area (Å²) in [7, 11) is -17.1. The molecule has 3 unspecified atom stereocenters. The average molecular weight is 523 g/mol. The van der Waals surface area contributed by atoms with Crippen LogP contribution in [0.25, 0.3) is 0 Å². The molecule has 2 heterocycles. The van der Waals surface area contributed by atoms with Gasteiger partial charge >= 0.3 is 29.2 Å². The predicted molar refractivity (Wildman–Crippen MR) is 97.1 cm³/mol. The highest BCUT2D eigenvalue weighted by atomic mass is 31.3. The lowest BCUT2D eigenvalue weighted by atomic mass is 10.1. The smallest absolute Gasteiger partial charge is 0.383 e. The van der Waals surface area contributed by atoms with Crippen molar-refractivity contribution in [1.82, 2.24) is 9.55 Å². The van der Waals surface area contributed by atoms with Gasteiger partial charge in [-0.2, -0.15) is 13.6 Å². The van der Waals surface area contributed by atoms with E-state index in [1.165, 1.54) is 6.07 Å². The molecular weight excluding hydrogens is 506 g/mol. The summed E-state index contributed by atoms with van der Waals surface area (Å²) in [6.45, 7) is 0. The first-order valence-electron chi connectivity index (χ1n) is 8.73. The highest BCUT2D eigenvalue weighted by Crippen LogP contribution is 2.76. The van der Waals surface area contributed by atoms with Gasteiger partial charge in [0, 0.05) is 6.20 Å². The zero-order valence-corrected chi connectivity index (χ0v) is 18.3. The number of phosphoric ester groups is 1. The molecule has 32 heavy (non-hydrogen) atoms. The van der Waals surface area contributed by atoms with Crippen LogP contribution < -0.4 is 11.4 Å². The maximum absolute atomic E-state index is 15.3. The van der Waals surface area contributed by atoms with Crippen molar-refractivity contribution in [3.8, 4) is 0 Å².